The van der Waals surface area contributed by atoms with E-state index in [-0.39, 0.29) is 0 Å². The van der Waals surface area contributed by atoms with Gasteiger partial charge in [-0.05, 0) is 70.1 Å². The van der Waals surface area contributed by atoms with Crippen LogP contribution < -0.4 is 10.4 Å². The zero-order valence-electron chi connectivity index (χ0n) is 21.7. The molecule has 1 aromatic heterocycles. The first-order valence-electron chi connectivity index (χ1n) is 12.8. The smallest absolute Gasteiger partial charge is 0.343 e. The van der Waals surface area contributed by atoms with Crippen molar-refractivity contribution >= 4 is 59.1 Å². The summed E-state index contributed by atoms with van der Waals surface area (Å²) in [6, 6.07) is 8.35. The summed E-state index contributed by atoms with van der Waals surface area (Å²) in [7, 11) is -2.84. The average molecular weight is 581 g/mol. The third kappa shape index (κ3) is 10.3. The first kappa shape index (κ1) is 31.6. The van der Waals surface area contributed by atoms with E-state index in [0.717, 1.165) is 54.1 Å². The van der Waals surface area contributed by atoms with Gasteiger partial charge in [-0.1, -0.05) is 25.4 Å². The second-order valence-corrected chi connectivity index (χ2v) is 12.1. The quantitative estimate of drug-likeness (QED) is 0.202. The summed E-state index contributed by atoms with van der Waals surface area (Å²) in [4.78, 5) is 6.86. The molecule has 0 saturated carbocycles. The number of nitrogens with one attached hydrogen (secondary N) is 2. The van der Waals surface area contributed by atoms with Crippen molar-refractivity contribution in [1.82, 2.24) is 19.6 Å². The molecule has 2 unspecified atom stereocenters. The maximum atomic E-state index is 12.2. The van der Waals surface area contributed by atoms with Crippen molar-refractivity contribution in [1.29, 1.82) is 0 Å². The van der Waals surface area contributed by atoms with Crippen molar-refractivity contribution < 1.29 is 9.09 Å². The molecule has 7 nitrogen and oxygen atoms in total. The zero-order chi connectivity index (χ0) is 26.4. The van der Waals surface area contributed by atoms with Gasteiger partial charge in [0.15, 0.2) is 0 Å². The Hall–Kier alpha value is -0.630. The van der Waals surface area contributed by atoms with Crippen LogP contribution in [0.25, 0.3) is 10.9 Å². The molecular weight excluding hydrogens is 540 g/mol. The Balaban J connectivity index is 0.000000281. The fourth-order valence-electron chi connectivity index (χ4n) is 4.02. The molecule has 1 saturated heterocycles. The van der Waals surface area contributed by atoms with Crippen molar-refractivity contribution in [2.75, 3.05) is 63.0 Å². The molecule has 0 bridgehead atoms. The monoisotopic (exact) mass is 579 g/mol. The molecule has 1 aromatic carbocycles. The first-order valence-corrected chi connectivity index (χ1v) is 15.8. The van der Waals surface area contributed by atoms with Crippen LogP contribution in [0.4, 0.5) is 5.69 Å². The van der Waals surface area contributed by atoms with E-state index in [0.29, 0.717) is 37.5 Å². The van der Waals surface area contributed by atoms with Gasteiger partial charge < -0.3 is 14.7 Å². The predicted octanol–water partition coefficient (Wildman–Crippen LogP) is 6.69. The lowest BCUT2D eigenvalue weighted by Crippen LogP contribution is -2.35. The lowest BCUT2D eigenvalue weighted by atomic mass is 10.1. The predicted molar refractivity (Wildman–Crippen MR) is 156 cm³/mol. The van der Waals surface area contributed by atoms with E-state index in [9.17, 15) is 4.57 Å². The van der Waals surface area contributed by atoms with Crippen LogP contribution in [0.15, 0.2) is 30.5 Å². The van der Waals surface area contributed by atoms with Crippen LogP contribution in [0.5, 0.6) is 0 Å². The molecule has 1 aliphatic heterocycles. The molecule has 2 aromatic rings. The van der Waals surface area contributed by atoms with Crippen molar-refractivity contribution in [3.05, 3.63) is 35.5 Å². The lowest BCUT2D eigenvalue weighted by molar-refractivity contribution is 0.233. The normalized spacial score (nSPS) is 18.8. The minimum Gasteiger partial charge on any atom is -0.382 e. The highest BCUT2D eigenvalue weighted by molar-refractivity contribution is 7.54. The average Bonchev–Trinajstić information content (AvgIpc) is 2.87. The highest BCUT2D eigenvalue weighted by atomic mass is 35.5. The number of alkyl halides is 2. The standard InChI is InChI=1S/C18H26ClN3.C7H15Cl2N2O2P/c1-4-22(5-2)12-6-7-14(3)21-17-10-11-20-18-13-15(19)8-9-16(17)18;8-2-5-11(6-3-9)14(12)10-4-1-7-13-14/h8-11,13-14H,4-7,12H2,1-3H3,(H,20,21);1-7H2,(H,10,12). The Bertz CT molecular complexity index is 935. The highest BCUT2D eigenvalue weighted by Crippen LogP contribution is 2.48. The Kier molecular flexibility index (Phi) is 15.0. The van der Waals surface area contributed by atoms with Gasteiger partial charge in [0.1, 0.15) is 0 Å². The molecule has 36 heavy (non-hydrogen) atoms. The minimum absolute atomic E-state index is 0.423. The minimum atomic E-state index is -2.84. The van der Waals surface area contributed by atoms with E-state index in [2.05, 4.69) is 41.1 Å². The number of rotatable bonds is 13. The van der Waals surface area contributed by atoms with E-state index >= 15 is 0 Å². The van der Waals surface area contributed by atoms with Crippen LogP contribution in [0.3, 0.4) is 0 Å². The topological polar surface area (TPSA) is 69.7 Å². The molecule has 1 aliphatic rings. The van der Waals surface area contributed by atoms with E-state index in [1.54, 1.807) is 4.67 Å². The van der Waals surface area contributed by atoms with E-state index in [4.69, 9.17) is 39.3 Å². The fourth-order valence-corrected chi connectivity index (χ4v) is 6.83. The number of anilines is 1. The summed E-state index contributed by atoms with van der Waals surface area (Å²) in [6.45, 7) is 12.4. The van der Waals surface area contributed by atoms with Gasteiger partial charge in [-0.3, -0.25) is 9.55 Å². The van der Waals surface area contributed by atoms with Gasteiger partial charge in [-0.2, -0.15) is 0 Å². The Morgan fingerprint density at radius 2 is 1.89 bits per heavy atom. The molecule has 11 heteroatoms. The summed E-state index contributed by atoms with van der Waals surface area (Å²) in [5, 5.41) is 8.37. The van der Waals surface area contributed by atoms with E-state index < -0.39 is 7.67 Å². The van der Waals surface area contributed by atoms with Crippen molar-refractivity contribution in [2.24, 2.45) is 0 Å². The van der Waals surface area contributed by atoms with Crippen LogP contribution >= 0.6 is 42.5 Å². The number of fused-ring (bicyclic) bond motifs is 1. The van der Waals surface area contributed by atoms with Gasteiger partial charge in [0.05, 0.1) is 12.1 Å². The summed E-state index contributed by atoms with van der Waals surface area (Å²) in [5.74, 6) is 0.845. The van der Waals surface area contributed by atoms with Crippen LogP contribution in [-0.2, 0) is 9.09 Å². The highest BCUT2D eigenvalue weighted by Gasteiger charge is 2.32. The largest absolute Gasteiger partial charge is 0.382 e. The van der Waals surface area contributed by atoms with Gasteiger partial charge >= 0.3 is 7.67 Å². The Labute approximate surface area is 231 Å². The van der Waals surface area contributed by atoms with Gasteiger partial charge in [0.2, 0.25) is 0 Å². The number of hydrogen-bond donors (Lipinski definition) is 2. The van der Waals surface area contributed by atoms with E-state index in [1.165, 1.54) is 13.0 Å². The number of pyridine rings is 1. The number of hydrogen-bond acceptors (Lipinski definition) is 5. The fraction of sp³-hybridized carbons (Fsp3) is 0.640. The lowest BCUT2D eigenvalue weighted by Gasteiger charge is -2.33. The van der Waals surface area contributed by atoms with Gasteiger partial charge in [-0.15, -0.1) is 23.2 Å². The SMILES string of the molecule is CCN(CC)CCCC(C)Nc1ccnc2cc(Cl)ccc12.O=P1(N(CCCl)CCCl)NCCCO1. The van der Waals surface area contributed by atoms with Crippen LogP contribution in [0, 0.1) is 0 Å². The summed E-state index contributed by atoms with van der Waals surface area (Å²) < 4.78 is 19.2. The summed E-state index contributed by atoms with van der Waals surface area (Å²) in [6.07, 6.45) is 5.10. The Morgan fingerprint density at radius 3 is 2.50 bits per heavy atom. The second-order valence-electron chi connectivity index (χ2n) is 8.68. The molecule has 2 N–H and O–H groups in total. The molecule has 1 fully saturated rings. The van der Waals surface area contributed by atoms with Crippen molar-refractivity contribution in [2.45, 2.75) is 46.1 Å². The Morgan fingerprint density at radius 1 is 1.17 bits per heavy atom. The molecule has 0 spiro atoms. The number of benzene rings is 1. The first-order chi connectivity index (χ1) is 17.4. The third-order valence-corrected chi connectivity index (χ3v) is 8.94. The number of nitrogens with zero attached hydrogens (tertiary/aromatic N) is 3. The molecule has 0 amide bonds. The van der Waals surface area contributed by atoms with Crippen molar-refractivity contribution in [3.8, 4) is 0 Å². The van der Waals surface area contributed by atoms with E-state index in [1.807, 2.05) is 30.5 Å². The molecule has 2 heterocycles. The van der Waals surface area contributed by atoms with Gasteiger partial charge in [0.25, 0.3) is 0 Å². The molecule has 3 rings (SSSR count). The molecule has 0 aliphatic carbocycles. The van der Waals surface area contributed by atoms with Crippen LogP contribution in [-0.4, -0.2) is 78.2 Å². The molecule has 0 radical (unpaired) electrons. The maximum Gasteiger partial charge on any atom is 0.343 e. The second kappa shape index (κ2) is 17.1. The molecule has 204 valence electrons. The number of halogens is 3. The summed E-state index contributed by atoms with van der Waals surface area (Å²) >= 11 is 17.3. The van der Waals surface area contributed by atoms with Gasteiger partial charge in [-0.25, -0.2) is 9.76 Å². The van der Waals surface area contributed by atoms with Crippen LogP contribution in [0.2, 0.25) is 5.02 Å². The maximum absolute atomic E-state index is 12.2. The molecular formula is C25H41Cl3N5O2P. The molecule has 2 atom stereocenters. The van der Waals surface area contributed by atoms with Crippen LogP contribution in [0.1, 0.15) is 40.0 Å². The van der Waals surface area contributed by atoms with Gasteiger partial charge in [0, 0.05) is 59.7 Å². The summed E-state index contributed by atoms with van der Waals surface area (Å²) in [5.41, 5.74) is 2.07. The van der Waals surface area contributed by atoms with Crippen molar-refractivity contribution in [3.63, 3.8) is 0 Å². The number of aromatic nitrogens is 1. The third-order valence-electron chi connectivity index (χ3n) is 6.07. The zero-order valence-corrected chi connectivity index (χ0v) is 24.9.